The first kappa shape index (κ1) is 11.5. The standard InChI is InChI=1S/C14H21NO/c1-10(2)16-12-7-5-11(6-8-12)13-9-15-14(13,3)4/h5-8,10,13,15H,9H2,1-4H3. The molecule has 88 valence electrons. The molecule has 1 N–H and O–H groups in total. The van der Waals surface area contributed by atoms with Gasteiger partial charge in [-0.25, -0.2) is 0 Å². The Morgan fingerprint density at radius 2 is 1.88 bits per heavy atom. The molecule has 1 saturated heterocycles. The maximum Gasteiger partial charge on any atom is 0.119 e. The van der Waals surface area contributed by atoms with Crippen molar-refractivity contribution in [3.63, 3.8) is 0 Å². The van der Waals surface area contributed by atoms with E-state index in [9.17, 15) is 0 Å². The summed E-state index contributed by atoms with van der Waals surface area (Å²) in [6.45, 7) is 9.68. The van der Waals surface area contributed by atoms with Gasteiger partial charge in [-0.15, -0.1) is 0 Å². The van der Waals surface area contributed by atoms with Crippen LogP contribution in [0.3, 0.4) is 0 Å². The minimum absolute atomic E-state index is 0.237. The van der Waals surface area contributed by atoms with Gasteiger partial charge in [0.2, 0.25) is 0 Å². The molecule has 1 aromatic carbocycles. The van der Waals surface area contributed by atoms with Crippen LogP contribution in [-0.2, 0) is 0 Å². The molecule has 0 spiro atoms. The largest absolute Gasteiger partial charge is 0.491 e. The molecule has 1 unspecified atom stereocenters. The van der Waals surface area contributed by atoms with Crippen LogP contribution in [0.2, 0.25) is 0 Å². The summed E-state index contributed by atoms with van der Waals surface area (Å²) in [5.74, 6) is 1.59. The van der Waals surface area contributed by atoms with E-state index in [1.54, 1.807) is 0 Å². The molecular formula is C14H21NO. The molecule has 2 nitrogen and oxygen atoms in total. The van der Waals surface area contributed by atoms with Crippen LogP contribution in [-0.4, -0.2) is 18.2 Å². The van der Waals surface area contributed by atoms with Gasteiger partial charge in [-0.05, 0) is 45.4 Å². The lowest BCUT2D eigenvalue weighted by Gasteiger charge is -2.46. The molecule has 0 aliphatic carbocycles. The van der Waals surface area contributed by atoms with Crippen LogP contribution in [0.5, 0.6) is 5.75 Å². The van der Waals surface area contributed by atoms with Crippen LogP contribution in [0.1, 0.15) is 39.2 Å². The second kappa shape index (κ2) is 4.10. The van der Waals surface area contributed by atoms with Crippen molar-refractivity contribution >= 4 is 0 Å². The van der Waals surface area contributed by atoms with Gasteiger partial charge in [0, 0.05) is 18.0 Å². The third kappa shape index (κ3) is 2.22. The second-order valence-electron chi connectivity index (χ2n) is 5.39. The van der Waals surface area contributed by atoms with E-state index in [0.717, 1.165) is 12.3 Å². The molecule has 1 aliphatic rings. The molecule has 0 bridgehead atoms. The van der Waals surface area contributed by atoms with Crippen molar-refractivity contribution in [2.45, 2.75) is 45.3 Å². The van der Waals surface area contributed by atoms with Crippen molar-refractivity contribution in [1.82, 2.24) is 5.32 Å². The highest BCUT2D eigenvalue weighted by Gasteiger charge is 2.38. The van der Waals surface area contributed by atoms with E-state index >= 15 is 0 Å². The lowest BCUT2D eigenvalue weighted by atomic mass is 9.75. The van der Waals surface area contributed by atoms with Gasteiger partial charge in [0.15, 0.2) is 0 Å². The molecule has 1 heterocycles. The van der Waals surface area contributed by atoms with E-state index in [4.69, 9.17) is 4.74 Å². The Balaban J connectivity index is 2.08. The minimum atomic E-state index is 0.237. The van der Waals surface area contributed by atoms with Crippen molar-refractivity contribution < 1.29 is 4.74 Å². The molecule has 1 aliphatic heterocycles. The molecule has 16 heavy (non-hydrogen) atoms. The first-order chi connectivity index (χ1) is 7.49. The average molecular weight is 219 g/mol. The van der Waals surface area contributed by atoms with Gasteiger partial charge in [0.25, 0.3) is 0 Å². The van der Waals surface area contributed by atoms with Crippen LogP contribution in [0.4, 0.5) is 0 Å². The fourth-order valence-corrected chi connectivity index (χ4v) is 2.20. The summed E-state index contributed by atoms with van der Waals surface area (Å²) in [4.78, 5) is 0. The van der Waals surface area contributed by atoms with E-state index in [0.29, 0.717) is 5.92 Å². The van der Waals surface area contributed by atoms with E-state index in [-0.39, 0.29) is 11.6 Å². The fourth-order valence-electron chi connectivity index (χ4n) is 2.20. The van der Waals surface area contributed by atoms with Crippen molar-refractivity contribution in [2.75, 3.05) is 6.54 Å². The second-order valence-corrected chi connectivity index (χ2v) is 5.39. The predicted octanol–water partition coefficient (Wildman–Crippen LogP) is 2.94. The monoisotopic (exact) mass is 219 g/mol. The van der Waals surface area contributed by atoms with Crippen molar-refractivity contribution in [3.05, 3.63) is 29.8 Å². The fraction of sp³-hybridized carbons (Fsp3) is 0.571. The summed E-state index contributed by atoms with van der Waals surface area (Å²) < 4.78 is 5.64. The van der Waals surface area contributed by atoms with E-state index in [2.05, 4.69) is 43.4 Å². The van der Waals surface area contributed by atoms with Crippen molar-refractivity contribution in [2.24, 2.45) is 0 Å². The highest BCUT2D eigenvalue weighted by Crippen LogP contribution is 2.35. The number of benzene rings is 1. The third-order valence-corrected chi connectivity index (χ3v) is 3.29. The first-order valence-electron chi connectivity index (χ1n) is 6.01. The summed E-state index contributed by atoms with van der Waals surface area (Å²) in [7, 11) is 0. The lowest BCUT2D eigenvalue weighted by molar-refractivity contribution is 0.207. The molecule has 0 radical (unpaired) electrons. The SMILES string of the molecule is CC(C)Oc1ccc(C2CNC2(C)C)cc1. The summed E-state index contributed by atoms with van der Waals surface area (Å²) in [6, 6.07) is 8.52. The molecule has 0 amide bonds. The normalized spacial score (nSPS) is 22.9. The van der Waals surface area contributed by atoms with Crippen molar-refractivity contribution in [1.29, 1.82) is 0 Å². The highest BCUT2D eigenvalue weighted by molar-refractivity contribution is 5.33. The van der Waals surface area contributed by atoms with Gasteiger partial charge >= 0.3 is 0 Å². The quantitative estimate of drug-likeness (QED) is 0.844. The van der Waals surface area contributed by atoms with E-state index in [1.165, 1.54) is 5.56 Å². The topological polar surface area (TPSA) is 21.3 Å². The molecule has 0 saturated carbocycles. The summed E-state index contributed by atoms with van der Waals surface area (Å²) in [5, 5.41) is 3.45. The predicted molar refractivity (Wildman–Crippen MR) is 67.0 cm³/mol. The van der Waals surface area contributed by atoms with Crippen LogP contribution in [0.15, 0.2) is 24.3 Å². The van der Waals surface area contributed by atoms with E-state index < -0.39 is 0 Å². The Bertz CT molecular complexity index is 354. The Morgan fingerprint density at radius 1 is 1.25 bits per heavy atom. The Kier molecular flexibility index (Phi) is 2.94. The van der Waals surface area contributed by atoms with Gasteiger partial charge in [-0.1, -0.05) is 12.1 Å². The van der Waals surface area contributed by atoms with Gasteiger partial charge in [0.05, 0.1) is 6.10 Å². The lowest BCUT2D eigenvalue weighted by Crippen LogP contribution is -2.59. The van der Waals surface area contributed by atoms with Gasteiger partial charge in [-0.2, -0.15) is 0 Å². The van der Waals surface area contributed by atoms with Crippen molar-refractivity contribution in [3.8, 4) is 5.75 Å². The van der Waals surface area contributed by atoms with Gasteiger partial charge < -0.3 is 10.1 Å². The van der Waals surface area contributed by atoms with Gasteiger partial charge in [-0.3, -0.25) is 0 Å². The minimum Gasteiger partial charge on any atom is -0.491 e. The zero-order valence-corrected chi connectivity index (χ0v) is 10.6. The molecule has 1 atom stereocenters. The van der Waals surface area contributed by atoms with Gasteiger partial charge in [0.1, 0.15) is 5.75 Å². The number of hydrogen-bond acceptors (Lipinski definition) is 2. The van der Waals surface area contributed by atoms with Crippen LogP contribution >= 0.6 is 0 Å². The Morgan fingerprint density at radius 3 is 2.25 bits per heavy atom. The first-order valence-corrected chi connectivity index (χ1v) is 6.01. The average Bonchev–Trinajstić information content (AvgIpc) is 2.19. The third-order valence-electron chi connectivity index (χ3n) is 3.29. The summed E-state index contributed by atoms with van der Waals surface area (Å²) in [6.07, 6.45) is 0.243. The zero-order chi connectivity index (χ0) is 11.8. The molecule has 1 fully saturated rings. The number of nitrogens with one attached hydrogen (secondary N) is 1. The summed E-state index contributed by atoms with van der Waals surface area (Å²) >= 11 is 0. The molecular weight excluding hydrogens is 198 g/mol. The number of hydrogen-bond donors (Lipinski definition) is 1. The Hall–Kier alpha value is -1.02. The zero-order valence-electron chi connectivity index (χ0n) is 10.6. The smallest absolute Gasteiger partial charge is 0.119 e. The number of rotatable bonds is 3. The summed E-state index contributed by atoms with van der Waals surface area (Å²) in [5.41, 5.74) is 1.64. The van der Waals surface area contributed by atoms with Crippen LogP contribution in [0.25, 0.3) is 0 Å². The number of ether oxygens (including phenoxy) is 1. The Labute approximate surface area is 98.0 Å². The molecule has 0 aromatic heterocycles. The maximum absolute atomic E-state index is 5.64. The molecule has 1 aromatic rings. The molecule has 2 heteroatoms. The highest BCUT2D eigenvalue weighted by atomic mass is 16.5. The van der Waals surface area contributed by atoms with E-state index in [1.807, 2.05) is 13.8 Å². The maximum atomic E-state index is 5.64. The van der Waals surface area contributed by atoms with Crippen LogP contribution in [0, 0.1) is 0 Å². The van der Waals surface area contributed by atoms with Crippen LogP contribution < -0.4 is 10.1 Å². The molecule has 2 rings (SSSR count).